The van der Waals surface area contributed by atoms with Crippen LogP contribution in [0.15, 0.2) is 18.3 Å². The Bertz CT molecular complexity index is 311. The molecular weight excluding hydrogens is 194 g/mol. The molecular formula is C10H15N3O2. The molecule has 1 rings (SSSR count). The fourth-order valence-electron chi connectivity index (χ4n) is 1.00. The van der Waals surface area contributed by atoms with E-state index in [4.69, 9.17) is 20.6 Å². The van der Waals surface area contributed by atoms with Gasteiger partial charge in [0.15, 0.2) is 0 Å². The number of nitrogens with zero attached hydrogens (tertiary/aromatic N) is 1. The molecule has 5 heteroatoms. The average molecular weight is 209 g/mol. The molecule has 1 aromatic heterocycles. The highest BCUT2D eigenvalue weighted by molar-refractivity contribution is 5.94. The van der Waals surface area contributed by atoms with Crippen LogP contribution in [0.4, 0.5) is 0 Å². The molecule has 1 aromatic rings. The summed E-state index contributed by atoms with van der Waals surface area (Å²) in [5, 5.41) is 7.18. The summed E-state index contributed by atoms with van der Waals surface area (Å²) in [5.41, 5.74) is 5.89. The van der Waals surface area contributed by atoms with Gasteiger partial charge in [-0.25, -0.2) is 4.98 Å². The minimum absolute atomic E-state index is 0.00781. The molecule has 0 aliphatic rings. The van der Waals surface area contributed by atoms with Crippen LogP contribution in [0.3, 0.4) is 0 Å². The van der Waals surface area contributed by atoms with Crippen LogP contribution in [0.2, 0.25) is 0 Å². The summed E-state index contributed by atoms with van der Waals surface area (Å²) < 4.78 is 10.2. The van der Waals surface area contributed by atoms with Gasteiger partial charge >= 0.3 is 0 Å². The fraction of sp³-hybridized carbons (Fsp3) is 0.400. The van der Waals surface area contributed by atoms with Crippen LogP contribution in [-0.4, -0.2) is 31.1 Å². The molecule has 0 fully saturated rings. The summed E-state index contributed by atoms with van der Waals surface area (Å²) in [6, 6.07) is 3.41. The van der Waals surface area contributed by atoms with Gasteiger partial charge in [-0.05, 0) is 6.07 Å². The molecule has 0 unspecified atom stereocenters. The van der Waals surface area contributed by atoms with Gasteiger partial charge in [0.1, 0.15) is 5.84 Å². The number of hydrogen-bond donors (Lipinski definition) is 2. The Morgan fingerprint density at radius 2 is 2.27 bits per heavy atom. The van der Waals surface area contributed by atoms with E-state index >= 15 is 0 Å². The molecule has 15 heavy (non-hydrogen) atoms. The lowest BCUT2D eigenvalue weighted by atomic mass is 10.3. The summed E-state index contributed by atoms with van der Waals surface area (Å²) in [7, 11) is 1.65. The highest BCUT2D eigenvalue weighted by atomic mass is 16.5. The molecule has 0 spiro atoms. The lowest BCUT2D eigenvalue weighted by molar-refractivity contribution is 0.170. The van der Waals surface area contributed by atoms with Crippen molar-refractivity contribution in [1.82, 2.24) is 4.98 Å². The topological polar surface area (TPSA) is 81.2 Å². The fourth-order valence-corrected chi connectivity index (χ4v) is 1.00. The zero-order chi connectivity index (χ0) is 11.1. The first-order valence-corrected chi connectivity index (χ1v) is 4.66. The molecule has 1 heterocycles. The third kappa shape index (κ3) is 3.95. The maximum atomic E-state index is 7.18. The Balaban J connectivity index is 2.39. The van der Waals surface area contributed by atoms with Crippen LogP contribution in [0, 0.1) is 5.41 Å². The van der Waals surface area contributed by atoms with Crippen molar-refractivity contribution in [2.24, 2.45) is 5.73 Å². The molecule has 0 saturated carbocycles. The van der Waals surface area contributed by atoms with Crippen LogP contribution in [0.1, 0.15) is 12.0 Å². The van der Waals surface area contributed by atoms with Gasteiger partial charge in [-0.2, -0.15) is 0 Å². The summed E-state index contributed by atoms with van der Waals surface area (Å²) in [4.78, 5) is 4.01. The molecule has 3 N–H and O–H groups in total. The van der Waals surface area contributed by atoms with Crippen molar-refractivity contribution < 1.29 is 9.47 Å². The first kappa shape index (κ1) is 11.5. The molecule has 0 aliphatic heterocycles. The van der Waals surface area contributed by atoms with Crippen molar-refractivity contribution in [2.75, 3.05) is 20.3 Å². The van der Waals surface area contributed by atoms with Crippen LogP contribution >= 0.6 is 0 Å². The molecule has 5 nitrogen and oxygen atoms in total. The van der Waals surface area contributed by atoms with E-state index in [9.17, 15) is 0 Å². The maximum Gasteiger partial charge on any atom is 0.213 e. The maximum absolute atomic E-state index is 7.18. The molecule has 0 saturated heterocycles. The Kier molecular flexibility index (Phi) is 4.56. The second-order valence-electron chi connectivity index (χ2n) is 2.99. The van der Waals surface area contributed by atoms with Crippen molar-refractivity contribution in [3.05, 3.63) is 23.9 Å². The number of rotatable bonds is 6. The van der Waals surface area contributed by atoms with E-state index in [-0.39, 0.29) is 5.84 Å². The highest BCUT2D eigenvalue weighted by Gasteiger charge is 1.98. The van der Waals surface area contributed by atoms with Crippen LogP contribution in [0.5, 0.6) is 5.88 Å². The third-order valence-corrected chi connectivity index (χ3v) is 1.79. The largest absolute Gasteiger partial charge is 0.478 e. The number of ether oxygens (including phenoxy) is 2. The molecule has 0 aliphatic carbocycles. The lowest BCUT2D eigenvalue weighted by Gasteiger charge is -2.05. The number of nitrogen functional groups attached to an aromatic ring is 1. The summed E-state index contributed by atoms with van der Waals surface area (Å²) in [6.45, 7) is 1.24. The molecule has 0 aromatic carbocycles. The van der Waals surface area contributed by atoms with Gasteiger partial charge in [0.25, 0.3) is 0 Å². The van der Waals surface area contributed by atoms with Crippen molar-refractivity contribution in [1.29, 1.82) is 5.41 Å². The van der Waals surface area contributed by atoms with Crippen LogP contribution in [-0.2, 0) is 4.74 Å². The van der Waals surface area contributed by atoms with Crippen molar-refractivity contribution in [2.45, 2.75) is 6.42 Å². The van der Waals surface area contributed by atoms with E-state index in [0.717, 1.165) is 6.42 Å². The smallest absolute Gasteiger partial charge is 0.213 e. The minimum atomic E-state index is 0.00781. The standard InChI is InChI=1S/C10H15N3O2/c1-14-5-2-6-15-9-4-3-8(7-13-9)10(11)12/h3-4,7H,2,5-6H2,1H3,(H3,11,12). The predicted octanol–water partition coefficient (Wildman–Crippen LogP) is 0.781. The first-order valence-electron chi connectivity index (χ1n) is 4.66. The van der Waals surface area contributed by atoms with Gasteiger partial charge in [-0.3, -0.25) is 5.41 Å². The summed E-state index contributed by atoms with van der Waals surface area (Å²) in [6.07, 6.45) is 2.35. The Hall–Kier alpha value is -1.62. The highest BCUT2D eigenvalue weighted by Crippen LogP contribution is 2.07. The second-order valence-corrected chi connectivity index (χ2v) is 2.99. The van der Waals surface area contributed by atoms with Crippen molar-refractivity contribution in [3.63, 3.8) is 0 Å². The number of pyridine rings is 1. The van der Waals surface area contributed by atoms with Crippen LogP contribution in [0.25, 0.3) is 0 Å². The molecule has 0 atom stereocenters. The van der Waals surface area contributed by atoms with Gasteiger partial charge < -0.3 is 15.2 Å². The van der Waals surface area contributed by atoms with Crippen molar-refractivity contribution in [3.8, 4) is 5.88 Å². The molecule has 0 radical (unpaired) electrons. The van der Waals surface area contributed by atoms with Gasteiger partial charge in [0, 0.05) is 38.0 Å². The SMILES string of the molecule is COCCCOc1ccc(C(=N)N)cn1. The zero-order valence-corrected chi connectivity index (χ0v) is 8.69. The van der Waals surface area contributed by atoms with Gasteiger partial charge in [-0.1, -0.05) is 0 Å². The predicted molar refractivity (Wildman–Crippen MR) is 57.2 cm³/mol. The summed E-state index contributed by atoms with van der Waals surface area (Å²) in [5.74, 6) is 0.546. The second kappa shape index (κ2) is 5.98. The van der Waals surface area contributed by atoms with Gasteiger partial charge in [-0.15, -0.1) is 0 Å². The normalized spacial score (nSPS) is 9.93. The van der Waals surface area contributed by atoms with Gasteiger partial charge in [0.2, 0.25) is 5.88 Å². The summed E-state index contributed by atoms with van der Waals surface area (Å²) >= 11 is 0. The Morgan fingerprint density at radius 1 is 1.47 bits per heavy atom. The zero-order valence-electron chi connectivity index (χ0n) is 8.69. The third-order valence-electron chi connectivity index (χ3n) is 1.79. The Labute approximate surface area is 88.7 Å². The minimum Gasteiger partial charge on any atom is -0.478 e. The number of nitrogens with one attached hydrogen (secondary N) is 1. The Morgan fingerprint density at radius 3 is 2.80 bits per heavy atom. The van der Waals surface area contributed by atoms with E-state index in [1.807, 2.05) is 0 Å². The molecule has 0 bridgehead atoms. The van der Waals surface area contributed by atoms with E-state index in [0.29, 0.717) is 24.7 Å². The molecule has 82 valence electrons. The number of nitrogens with two attached hydrogens (primary N) is 1. The lowest BCUT2D eigenvalue weighted by Crippen LogP contribution is -2.11. The van der Waals surface area contributed by atoms with E-state index in [1.165, 1.54) is 6.20 Å². The number of amidine groups is 1. The quantitative estimate of drug-likeness (QED) is 0.412. The van der Waals surface area contributed by atoms with E-state index in [1.54, 1.807) is 19.2 Å². The molecule has 0 amide bonds. The van der Waals surface area contributed by atoms with Gasteiger partial charge in [0.05, 0.1) is 6.61 Å². The average Bonchev–Trinajstić information content (AvgIpc) is 2.25. The van der Waals surface area contributed by atoms with Crippen LogP contribution < -0.4 is 10.5 Å². The number of aromatic nitrogens is 1. The first-order chi connectivity index (χ1) is 7.24. The van der Waals surface area contributed by atoms with Crippen molar-refractivity contribution >= 4 is 5.84 Å². The monoisotopic (exact) mass is 209 g/mol. The number of methoxy groups -OCH3 is 1. The van der Waals surface area contributed by atoms with E-state index in [2.05, 4.69) is 4.98 Å². The number of hydrogen-bond acceptors (Lipinski definition) is 4. The van der Waals surface area contributed by atoms with E-state index < -0.39 is 0 Å².